The number of para-hydroxylation sites is 2. The molecule has 1 heterocycles. The smallest absolute Gasteiger partial charge is 0.128 e. The molecule has 0 radical (unpaired) electrons. The lowest BCUT2D eigenvalue weighted by atomic mass is 9.66. The lowest BCUT2D eigenvalue weighted by Gasteiger charge is -2.59. The van der Waals surface area contributed by atoms with Crippen molar-refractivity contribution in [3.05, 3.63) is 96.1 Å². The van der Waals surface area contributed by atoms with Crippen LogP contribution in [0, 0.1) is 11.3 Å². The number of hydrogen-bond donors (Lipinski definition) is 1. The minimum atomic E-state index is -0.310. The number of benzene rings is 3. The molecule has 3 aromatic carbocycles. The minimum absolute atomic E-state index is 0.0633. The van der Waals surface area contributed by atoms with E-state index in [2.05, 4.69) is 122 Å². The van der Waals surface area contributed by atoms with Crippen LogP contribution in [0.25, 0.3) is 0 Å². The van der Waals surface area contributed by atoms with Gasteiger partial charge in [0.2, 0.25) is 0 Å². The molecule has 1 saturated heterocycles. The molecular weight excluding hydrogens is 416 g/mol. The molecule has 1 saturated carbocycles. The zero-order valence-electron chi connectivity index (χ0n) is 20.9. The second kappa shape index (κ2) is 9.11. The van der Waals surface area contributed by atoms with E-state index in [1.165, 1.54) is 22.5 Å². The lowest BCUT2D eigenvalue weighted by molar-refractivity contribution is -0.00719. The van der Waals surface area contributed by atoms with Crippen molar-refractivity contribution in [3.63, 3.8) is 0 Å². The van der Waals surface area contributed by atoms with Crippen molar-refractivity contribution in [3.8, 4) is 0 Å². The number of nitrogens with zero attached hydrogens (tertiary/aromatic N) is 2. The van der Waals surface area contributed by atoms with Gasteiger partial charge in [0.05, 0.1) is 6.10 Å². The van der Waals surface area contributed by atoms with E-state index in [0.717, 1.165) is 19.4 Å². The van der Waals surface area contributed by atoms with Crippen LogP contribution in [0.2, 0.25) is 0 Å². The SMILES string of the molecule is CC(C)c1ccc(C2N(c3ccccc3)CC3C(O)CC(C)(C)CC3N2c2ccccc2)cc1. The molecule has 178 valence electrons. The van der Waals surface area contributed by atoms with Crippen LogP contribution in [0.1, 0.15) is 63.7 Å². The van der Waals surface area contributed by atoms with Crippen molar-refractivity contribution in [1.82, 2.24) is 0 Å². The molecule has 3 aromatic rings. The average molecular weight is 455 g/mol. The number of rotatable bonds is 4. The monoisotopic (exact) mass is 454 g/mol. The van der Waals surface area contributed by atoms with Crippen molar-refractivity contribution in [2.24, 2.45) is 11.3 Å². The van der Waals surface area contributed by atoms with Crippen LogP contribution in [0.3, 0.4) is 0 Å². The summed E-state index contributed by atoms with van der Waals surface area (Å²) in [6, 6.07) is 31.0. The summed E-state index contributed by atoms with van der Waals surface area (Å²) in [7, 11) is 0. The summed E-state index contributed by atoms with van der Waals surface area (Å²) in [5.41, 5.74) is 5.20. The van der Waals surface area contributed by atoms with E-state index < -0.39 is 0 Å². The first-order chi connectivity index (χ1) is 16.3. The van der Waals surface area contributed by atoms with Crippen LogP contribution in [0.15, 0.2) is 84.9 Å². The van der Waals surface area contributed by atoms with E-state index in [9.17, 15) is 5.11 Å². The molecular formula is C31H38N2O. The van der Waals surface area contributed by atoms with Gasteiger partial charge in [-0.25, -0.2) is 0 Å². The highest BCUT2D eigenvalue weighted by atomic mass is 16.3. The lowest BCUT2D eigenvalue weighted by Crippen LogP contribution is -2.63. The molecule has 0 spiro atoms. The molecule has 0 bridgehead atoms. The van der Waals surface area contributed by atoms with Gasteiger partial charge in [-0.15, -0.1) is 0 Å². The summed E-state index contributed by atoms with van der Waals surface area (Å²) >= 11 is 0. The summed E-state index contributed by atoms with van der Waals surface area (Å²) in [5, 5.41) is 11.4. The number of aliphatic hydroxyl groups excluding tert-OH is 1. The van der Waals surface area contributed by atoms with Crippen molar-refractivity contribution in [1.29, 1.82) is 0 Å². The maximum absolute atomic E-state index is 11.4. The quantitative estimate of drug-likeness (QED) is 0.460. The zero-order valence-corrected chi connectivity index (χ0v) is 20.9. The topological polar surface area (TPSA) is 26.7 Å². The Hall–Kier alpha value is -2.78. The van der Waals surface area contributed by atoms with Gasteiger partial charge in [-0.3, -0.25) is 0 Å². The van der Waals surface area contributed by atoms with Gasteiger partial charge in [-0.05, 0) is 59.6 Å². The molecule has 4 atom stereocenters. The van der Waals surface area contributed by atoms with Gasteiger partial charge < -0.3 is 14.9 Å². The van der Waals surface area contributed by atoms with Gasteiger partial charge in [0.1, 0.15) is 6.17 Å². The molecule has 4 unspecified atom stereocenters. The van der Waals surface area contributed by atoms with E-state index in [4.69, 9.17) is 0 Å². The second-order valence-electron chi connectivity index (χ2n) is 11.3. The highest BCUT2D eigenvalue weighted by Gasteiger charge is 2.50. The third-order valence-electron chi connectivity index (χ3n) is 7.88. The molecule has 2 fully saturated rings. The Bertz CT molecular complexity index is 1080. The predicted octanol–water partition coefficient (Wildman–Crippen LogP) is 7.00. The Morgan fingerprint density at radius 2 is 1.38 bits per heavy atom. The molecule has 1 aliphatic heterocycles. The third kappa shape index (κ3) is 4.34. The maximum atomic E-state index is 11.4. The van der Waals surface area contributed by atoms with Crippen LogP contribution in [0.5, 0.6) is 0 Å². The van der Waals surface area contributed by atoms with E-state index in [1.807, 2.05) is 0 Å². The molecule has 1 aliphatic carbocycles. The first-order valence-electron chi connectivity index (χ1n) is 12.8. The molecule has 5 rings (SSSR count). The van der Waals surface area contributed by atoms with Crippen LogP contribution >= 0.6 is 0 Å². The predicted molar refractivity (Wildman–Crippen MR) is 142 cm³/mol. The summed E-state index contributed by atoms with van der Waals surface area (Å²) in [6.07, 6.45) is 1.68. The first kappa shape index (κ1) is 23.0. The van der Waals surface area contributed by atoms with Gasteiger partial charge in [-0.2, -0.15) is 0 Å². The van der Waals surface area contributed by atoms with Crippen LogP contribution < -0.4 is 9.80 Å². The van der Waals surface area contributed by atoms with E-state index >= 15 is 0 Å². The number of aliphatic hydroxyl groups is 1. The van der Waals surface area contributed by atoms with Gasteiger partial charge >= 0.3 is 0 Å². The maximum Gasteiger partial charge on any atom is 0.128 e. The first-order valence-corrected chi connectivity index (χ1v) is 12.8. The summed E-state index contributed by atoms with van der Waals surface area (Å²) < 4.78 is 0. The highest BCUT2D eigenvalue weighted by Crippen LogP contribution is 2.49. The van der Waals surface area contributed by atoms with Gasteiger partial charge in [0.15, 0.2) is 0 Å². The largest absolute Gasteiger partial charge is 0.393 e. The van der Waals surface area contributed by atoms with Gasteiger partial charge in [0, 0.05) is 29.9 Å². The number of fused-ring (bicyclic) bond motifs is 1. The van der Waals surface area contributed by atoms with Gasteiger partial charge in [-0.1, -0.05) is 88.4 Å². The van der Waals surface area contributed by atoms with Crippen molar-refractivity contribution in [2.45, 2.75) is 64.8 Å². The number of hydrogen-bond acceptors (Lipinski definition) is 3. The van der Waals surface area contributed by atoms with Crippen LogP contribution in [0.4, 0.5) is 11.4 Å². The molecule has 3 heteroatoms. The van der Waals surface area contributed by atoms with E-state index in [1.54, 1.807) is 0 Å². The molecule has 3 nitrogen and oxygen atoms in total. The Morgan fingerprint density at radius 1 is 0.794 bits per heavy atom. The molecule has 2 aliphatic rings. The van der Waals surface area contributed by atoms with Crippen LogP contribution in [-0.2, 0) is 0 Å². The molecule has 0 amide bonds. The Balaban J connectivity index is 1.68. The van der Waals surface area contributed by atoms with Crippen molar-refractivity contribution >= 4 is 11.4 Å². The van der Waals surface area contributed by atoms with E-state index in [0.29, 0.717) is 5.92 Å². The highest BCUT2D eigenvalue weighted by molar-refractivity contribution is 5.59. The Kier molecular flexibility index (Phi) is 6.16. The molecule has 34 heavy (non-hydrogen) atoms. The summed E-state index contributed by atoms with van der Waals surface area (Å²) in [4.78, 5) is 5.12. The fourth-order valence-corrected chi connectivity index (χ4v) is 6.17. The standard InChI is InChI=1S/C31H38N2O/c1-22(2)23-15-17-24(18-16-23)30-32(25-11-7-5-8-12-25)21-27-28(19-31(3,4)20-29(27)34)33(30)26-13-9-6-10-14-26/h5-18,22,27-30,34H,19-21H2,1-4H3. The minimum Gasteiger partial charge on any atom is -0.393 e. The van der Waals surface area contributed by atoms with Crippen molar-refractivity contribution < 1.29 is 5.11 Å². The third-order valence-corrected chi connectivity index (χ3v) is 7.88. The van der Waals surface area contributed by atoms with E-state index in [-0.39, 0.29) is 29.6 Å². The average Bonchev–Trinajstić information content (AvgIpc) is 2.83. The van der Waals surface area contributed by atoms with Gasteiger partial charge in [0.25, 0.3) is 0 Å². The fraction of sp³-hybridized carbons (Fsp3) is 0.419. The Morgan fingerprint density at radius 3 is 1.97 bits per heavy atom. The van der Waals surface area contributed by atoms with Crippen molar-refractivity contribution in [2.75, 3.05) is 16.3 Å². The summed E-state index contributed by atoms with van der Waals surface area (Å²) in [6.45, 7) is 9.97. The summed E-state index contributed by atoms with van der Waals surface area (Å²) in [5.74, 6) is 0.703. The number of anilines is 2. The molecule has 1 N–H and O–H groups in total. The normalized spacial score (nSPS) is 26.4. The molecule has 0 aromatic heterocycles. The second-order valence-corrected chi connectivity index (χ2v) is 11.3. The fourth-order valence-electron chi connectivity index (χ4n) is 6.17. The zero-order chi connectivity index (χ0) is 23.9. The van der Waals surface area contributed by atoms with Crippen LogP contribution in [-0.4, -0.2) is 23.8 Å². The Labute approximate surface area is 205 Å².